The van der Waals surface area contributed by atoms with E-state index in [-0.39, 0.29) is 18.4 Å². The maximum absolute atomic E-state index is 12.5. The van der Waals surface area contributed by atoms with Crippen LogP contribution in [0, 0.1) is 6.92 Å². The number of nitrogens with zero attached hydrogens (tertiary/aromatic N) is 2. The minimum atomic E-state index is -0.578. The summed E-state index contributed by atoms with van der Waals surface area (Å²) in [6.45, 7) is 2.90. The van der Waals surface area contributed by atoms with Crippen molar-refractivity contribution in [2.75, 3.05) is 13.1 Å². The number of aliphatic hydroxyl groups excluding tert-OH is 1. The Morgan fingerprint density at radius 1 is 1.55 bits per heavy atom. The molecule has 2 N–H and O–H groups in total. The van der Waals surface area contributed by atoms with E-state index in [2.05, 4.69) is 14.7 Å². The molecule has 0 radical (unpaired) electrons. The topological polar surface area (TPSA) is 99.4 Å². The normalized spacial score (nSPS) is 17.9. The van der Waals surface area contributed by atoms with Gasteiger partial charge in [0.15, 0.2) is 5.82 Å². The Bertz CT molecular complexity index is 749. The van der Waals surface area contributed by atoms with Gasteiger partial charge in [0.2, 0.25) is 0 Å². The fraction of sp³-hybridized carbons (Fsp3) is 0.400. The molecule has 1 aromatic carbocycles. The molecule has 0 saturated carbocycles. The van der Waals surface area contributed by atoms with E-state index in [1.54, 1.807) is 17.0 Å². The molecule has 1 fully saturated rings. The Kier molecular flexibility index (Phi) is 3.81. The number of aliphatic hydroxyl groups is 1. The lowest BCUT2D eigenvalue weighted by molar-refractivity contribution is 0.0790. The van der Waals surface area contributed by atoms with Crippen LogP contribution in [0.1, 0.15) is 39.6 Å². The van der Waals surface area contributed by atoms with Gasteiger partial charge in [-0.3, -0.25) is 14.3 Å². The molecule has 2 heterocycles. The SMILES string of the molecule is Cc1ccc(C(=O)N2CCC(c3noc(=O)[nH]3)C2)cc1CO. The Hall–Kier alpha value is -2.41. The first-order chi connectivity index (χ1) is 10.6. The molecule has 2 aromatic rings. The number of aromatic amines is 1. The van der Waals surface area contributed by atoms with Gasteiger partial charge < -0.3 is 10.0 Å². The number of H-pyrrole nitrogens is 1. The van der Waals surface area contributed by atoms with E-state index in [0.29, 0.717) is 24.5 Å². The van der Waals surface area contributed by atoms with Crippen LogP contribution < -0.4 is 5.76 Å². The van der Waals surface area contributed by atoms with Crippen molar-refractivity contribution in [3.63, 3.8) is 0 Å². The molecule has 1 aliphatic rings. The average molecular weight is 303 g/mol. The van der Waals surface area contributed by atoms with Gasteiger partial charge in [-0.2, -0.15) is 0 Å². The van der Waals surface area contributed by atoms with E-state index in [0.717, 1.165) is 17.5 Å². The van der Waals surface area contributed by atoms with Crippen LogP contribution in [0.2, 0.25) is 0 Å². The van der Waals surface area contributed by atoms with Gasteiger partial charge in [0.1, 0.15) is 0 Å². The third kappa shape index (κ3) is 2.67. The Labute approximate surface area is 126 Å². The van der Waals surface area contributed by atoms with Crippen molar-refractivity contribution in [1.29, 1.82) is 0 Å². The molecule has 1 amide bonds. The summed E-state index contributed by atoms with van der Waals surface area (Å²) in [5.41, 5.74) is 2.27. The smallest absolute Gasteiger partial charge is 0.392 e. The zero-order valence-electron chi connectivity index (χ0n) is 12.2. The predicted molar refractivity (Wildman–Crippen MR) is 77.5 cm³/mol. The molecule has 1 atom stereocenters. The molecule has 7 nitrogen and oxygen atoms in total. The zero-order valence-corrected chi connectivity index (χ0v) is 12.2. The summed E-state index contributed by atoms with van der Waals surface area (Å²) in [7, 11) is 0. The fourth-order valence-electron chi connectivity index (χ4n) is 2.74. The molecule has 22 heavy (non-hydrogen) atoms. The second kappa shape index (κ2) is 5.76. The molecule has 1 aliphatic heterocycles. The highest BCUT2D eigenvalue weighted by Gasteiger charge is 2.30. The highest BCUT2D eigenvalue weighted by molar-refractivity contribution is 5.94. The fourth-order valence-corrected chi connectivity index (χ4v) is 2.74. The molecule has 0 spiro atoms. The molecule has 116 valence electrons. The van der Waals surface area contributed by atoms with Gasteiger partial charge in [0, 0.05) is 24.6 Å². The molecule has 1 aromatic heterocycles. The van der Waals surface area contributed by atoms with E-state index < -0.39 is 5.76 Å². The Morgan fingerprint density at radius 2 is 2.36 bits per heavy atom. The molecule has 0 bridgehead atoms. The quantitative estimate of drug-likeness (QED) is 0.873. The highest BCUT2D eigenvalue weighted by Crippen LogP contribution is 2.25. The van der Waals surface area contributed by atoms with E-state index in [9.17, 15) is 14.7 Å². The van der Waals surface area contributed by atoms with E-state index in [1.807, 2.05) is 13.0 Å². The first-order valence-corrected chi connectivity index (χ1v) is 7.14. The molecule has 3 rings (SSSR count). The summed E-state index contributed by atoms with van der Waals surface area (Å²) in [6.07, 6.45) is 0.729. The van der Waals surface area contributed by atoms with Crippen LogP contribution >= 0.6 is 0 Å². The van der Waals surface area contributed by atoms with Crippen molar-refractivity contribution in [3.05, 3.63) is 51.3 Å². The number of nitrogens with one attached hydrogen (secondary N) is 1. The van der Waals surface area contributed by atoms with Gasteiger partial charge in [-0.25, -0.2) is 4.79 Å². The average Bonchev–Trinajstić information content (AvgIpc) is 3.15. The first kappa shape index (κ1) is 14.5. The van der Waals surface area contributed by atoms with Gasteiger partial charge in [-0.1, -0.05) is 11.2 Å². The van der Waals surface area contributed by atoms with Crippen molar-refractivity contribution in [2.24, 2.45) is 0 Å². The van der Waals surface area contributed by atoms with Crippen molar-refractivity contribution >= 4 is 5.91 Å². The van der Waals surface area contributed by atoms with Crippen LogP contribution in [0.5, 0.6) is 0 Å². The minimum absolute atomic E-state index is 0.0156. The maximum Gasteiger partial charge on any atom is 0.438 e. The highest BCUT2D eigenvalue weighted by atomic mass is 16.5. The van der Waals surface area contributed by atoms with Crippen LogP contribution in [0.25, 0.3) is 0 Å². The summed E-state index contributed by atoms with van der Waals surface area (Å²) in [5.74, 6) is -0.188. The van der Waals surface area contributed by atoms with Gasteiger partial charge in [0.05, 0.1) is 6.61 Å². The number of likely N-dealkylation sites (tertiary alicyclic amines) is 1. The number of carbonyl (C=O) groups excluding carboxylic acids is 1. The maximum atomic E-state index is 12.5. The molecule has 0 aliphatic carbocycles. The zero-order chi connectivity index (χ0) is 15.7. The second-order valence-electron chi connectivity index (χ2n) is 5.52. The van der Waals surface area contributed by atoms with E-state index >= 15 is 0 Å². The number of aromatic nitrogens is 2. The molecular weight excluding hydrogens is 286 g/mol. The summed E-state index contributed by atoms with van der Waals surface area (Å²) in [5, 5.41) is 13.0. The largest absolute Gasteiger partial charge is 0.438 e. The first-order valence-electron chi connectivity index (χ1n) is 7.14. The van der Waals surface area contributed by atoms with E-state index in [4.69, 9.17) is 0 Å². The van der Waals surface area contributed by atoms with Crippen molar-refractivity contribution in [2.45, 2.75) is 25.9 Å². The van der Waals surface area contributed by atoms with Crippen LogP contribution in [0.4, 0.5) is 0 Å². The number of carbonyl (C=O) groups is 1. The van der Waals surface area contributed by atoms with Crippen LogP contribution in [-0.2, 0) is 6.61 Å². The molecule has 1 unspecified atom stereocenters. The van der Waals surface area contributed by atoms with Gasteiger partial charge >= 0.3 is 5.76 Å². The van der Waals surface area contributed by atoms with Crippen LogP contribution in [0.15, 0.2) is 27.5 Å². The second-order valence-corrected chi connectivity index (χ2v) is 5.52. The number of aryl methyl sites for hydroxylation is 1. The Balaban J connectivity index is 1.75. The summed E-state index contributed by atoms with van der Waals surface area (Å²) < 4.78 is 4.51. The summed E-state index contributed by atoms with van der Waals surface area (Å²) in [6, 6.07) is 5.33. The Morgan fingerprint density at radius 3 is 3.05 bits per heavy atom. The van der Waals surface area contributed by atoms with Crippen LogP contribution in [0.3, 0.4) is 0 Å². The number of hydrogen-bond donors (Lipinski definition) is 2. The molecular formula is C15H17N3O4. The van der Waals surface area contributed by atoms with Crippen molar-refractivity contribution in [1.82, 2.24) is 15.0 Å². The van der Waals surface area contributed by atoms with Gasteiger partial charge in [-0.15, -0.1) is 0 Å². The minimum Gasteiger partial charge on any atom is -0.392 e. The molecule has 1 saturated heterocycles. The predicted octanol–water partition coefficient (Wildman–Crippen LogP) is 0.793. The summed E-state index contributed by atoms with van der Waals surface area (Å²) in [4.78, 5) is 27.8. The lowest BCUT2D eigenvalue weighted by Crippen LogP contribution is -2.28. The van der Waals surface area contributed by atoms with Crippen molar-refractivity contribution in [3.8, 4) is 0 Å². The van der Waals surface area contributed by atoms with Crippen LogP contribution in [-0.4, -0.2) is 39.1 Å². The van der Waals surface area contributed by atoms with E-state index in [1.165, 1.54) is 0 Å². The number of amides is 1. The lowest BCUT2D eigenvalue weighted by atomic mass is 10.0. The van der Waals surface area contributed by atoms with Gasteiger partial charge in [0.25, 0.3) is 5.91 Å². The number of hydrogen-bond acceptors (Lipinski definition) is 5. The third-order valence-corrected chi connectivity index (χ3v) is 4.09. The monoisotopic (exact) mass is 303 g/mol. The number of benzene rings is 1. The van der Waals surface area contributed by atoms with Gasteiger partial charge in [-0.05, 0) is 36.6 Å². The molecule has 7 heteroatoms. The summed E-state index contributed by atoms with van der Waals surface area (Å²) >= 11 is 0. The standard InChI is InChI=1S/C15H17N3O4/c1-9-2-3-10(6-12(9)8-19)14(20)18-5-4-11(7-18)13-16-15(21)22-17-13/h2-3,6,11,19H,4-5,7-8H2,1H3,(H,16,17,21). The third-order valence-electron chi connectivity index (χ3n) is 4.09. The van der Waals surface area contributed by atoms with Crippen molar-refractivity contribution < 1.29 is 14.4 Å². The number of rotatable bonds is 3. The lowest BCUT2D eigenvalue weighted by Gasteiger charge is -2.17.